The molecule has 17 heavy (non-hydrogen) atoms. The lowest BCUT2D eigenvalue weighted by Gasteiger charge is -2.19. The first-order chi connectivity index (χ1) is 7.92. The highest BCUT2D eigenvalue weighted by Crippen LogP contribution is 2.18. The van der Waals surface area contributed by atoms with Crippen LogP contribution in [0.25, 0.3) is 0 Å². The van der Waals surface area contributed by atoms with E-state index >= 15 is 0 Å². The van der Waals surface area contributed by atoms with Crippen molar-refractivity contribution in [2.75, 3.05) is 46.5 Å². The minimum absolute atomic E-state index is 0.247. The fraction of sp³-hybridized carbons (Fsp3) is 1.00. The Hall–Kier alpha value is -0.170. The molecule has 0 aromatic heterocycles. The zero-order chi connectivity index (χ0) is 12.9. The van der Waals surface area contributed by atoms with Crippen LogP contribution in [0.5, 0.6) is 0 Å². The van der Waals surface area contributed by atoms with Gasteiger partial charge in [-0.2, -0.15) is 0 Å². The Labute approximate surface area is 105 Å². The van der Waals surface area contributed by atoms with Gasteiger partial charge in [-0.25, -0.2) is 12.7 Å². The van der Waals surface area contributed by atoms with E-state index in [9.17, 15) is 8.42 Å². The number of nitrogens with zero attached hydrogens (tertiary/aromatic N) is 2. The Morgan fingerprint density at radius 3 is 2.35 bits per heavy atom. The predicted molar refractivity (Wildman–Crippen MR) is 70.6 cm³/mol. The summed E-state index contributed by atoms with van der Waals surface area (Å²) in [5.74, 6) is 0.247. The fourth-order valence-corrected chi connectivity index (χ4v) is 2.66. The van der Waals surface area contributed by atoms with Crippen LogP contribution in [0.15, 0.2) is 0 Å². The van der Waals surface area contributed by atoms with E-state index in [1.807, 2.05) is 19.0 Å². The Balaban J connectivity index is 2.17. The van der Waals surface area contributed by atoms with Crippen molar-refractivity contribution in [3.8, 4) is 0 Å². The summed E-state index contributed by atoms with van der Waals surface area (Å²) in [5, 5.41) is 3.33. The standard InChI is InChI=1S/C11H25N3O2S/c1-13(2)8-9-14(3)17(15,16)10-4-7-12-11-5-6-11/h11-12H,4-10H2,1-3H3. The Morgan fingerprint density at radius 1 is 1.18 bits per heavy atom. The molecule has 1 fully saturated rings. The molecule has 0 unspecified atom stereocenters. The minimum atomic E-state index is -3.07. The maximum Gasteiger partial charge on any atom is 0.213 e. The highest BCUT2D eigenvalue weighted by atomic mass is 32.2. The lowest BCUT2D eigenvalue weighted by atomic mass is 10.5. The van der Waals surface area contributed by atoms with Gasteiger partial charge in [0.25, 0.3) is 0 Å². The minimum Gasteiger partial charge on any atom is -0.314 e. The summed E-state index contributed by atoms with van der Waals surface area (Å²) in [6.45, 7) is 2.13. The number of likely N-dealkylation sites (N-methyl/N-ethyl adjacent to an activating group) is 2. The molecule has 0 heterocycles. The smallest absolute Gasteiger partial charge is 0.213 e. The van der Waals surface area contributed by atoms with Gasteiger partial charge in [0.1, 0.15) is 0 Å². The number of hydrogen-bond acceptors (Lipinski definition) is 4. The second kappa shape index (κ2) is 6.68. The van der Waals surface area contributed by atoms with E-state index in [0.717, 1.165) is 13.1 Å². The number of nitrogens with one attached hydrogen (secondary N) is 1. The summed E-state index contributed by atoms with van der Waals surface area (Å²) in [4.78, 5) is 1.99. The molecule has 0 aromatic rings. The molecule has 0 spiro atoms. The average Bonchev–Trinajstić information content (AvgIpc) is 3.04. The molecule has 0 aliphatic heterocycles. The maximum atomic E-state index is 11.9. The first-order valence-electron chi connectivity index (χ1n) is 6.24. The largest absolute Gasteiger partial charge is 0.314 e. The maximum absolute atomic E-state index is 11.9. The highest BCUT2D eigenvalue weighted by molar-refractivity contribution is 7.89. The monoisotopic (exact) mass is 263 g/mol. The lowest BCUT2D eigenvalue weighted by molar-refractivity contribution is 0.358. The van der Waals surface area contributed by atoms with Crippen molar-refractivity contribution in [3.63, 3.8) is 0 Å². The van der Waals surface area contributed by atoms with Crippen molar-refractivity contribution >= 4 is 10.0 Å². The van der Waals surface area contributed by atoms with Gasteiger partial charge in [0.15, 0.2) is 0 Å². The van der Waals surface area contributed by atoms with Crippen LogP contribution < -0.4 is 5.32 Å². The molecule has 0 atom stereocenters. The van der Waals surface area contributed by atoms with Crippen LogP contribution in [0.1, 0.15) is 19.3 Å². The summed E-state index contributed by atoms with van der Waals surface area (Å²) >= 11 is 0. The molecule has 1 saturated carbocycles. The third kappa shape index (κ3) is 6.35. The summed E-state index contributed by atoms with van der Waals surface area (Å²) in [6.07, 6.45) is 3.19. The van der Waals surface area contributed by atoms with Gasteiger partial charge in [-0.15, -0.1) is 0 Å². The van der Waals surface area contributed by atoms with Gasteiger partial charge in [-0.3, -0.25) is 0 Å². The first-order valence-corrected chi connectivity index (χ1v) is 7.85. The van der Waals surface area contributed by atoms with E-state index < -0.39 is 10.0 Å². The van der Waals surface area contributed by atoms with Crippen molar-refractivity contribution in [1.82, 2.24) is 14.5 Å². The topological polar surface area (TPSA) is 52.7 Å². The average molecular weight is 263 g/mol. The van der Waals surface area contributed by atoms with Crippen LogP contribution in [-0.4, -0.2) is 70.2 Å². The zero-order valence-electron chi connectivity index (χ0n) is 11.1. The molecule has 1 rings (SSSR count). The predicted octanol–water partition coefficient (Wildman–Crippen LogP) is -0.0483. The van der Waals surface area contributed by atoms with E-state index in [1.165, 1.54) is 17.1 Å². The number of sulfonamides is 1. The van der Waals surface area contributed by atoms with Crippen LogP contribution in [0.3, 0.4) is 0 Å². The fourth-order valence-electron chi connectivity index (χ4n) is 1.48. The molecular weight excluding hydrogens is 238 g/mol. The van der Waals surface area contributed by atoms with Gasteiger partial charge < -0.3 is 10.2 Å². The molecule has 1 N–H and O–H groups in total. The number of hydrogen-bond donors (Lipinski definition) is 1. The second-order valence-corrected chi connectivity index (χ2v) is 7.22. The van der Waals surface area contributed by atoms with Crippen LogP contribution in [0, 0.1) is 0 Å². The highest BCUT2D eigenvalue weighted by Gasteiger charge is 2.21. The van der Waals surface area contributed by atoms with E-state index in [2.05, 4.69) is 5.32 Å². The van der Waals surface area contributed by atoms with Crippen LogP contribution >= 0.6 is 0 Å². The van der Waals surface area contributed by atoms with Crippen LogP contribution in [0.4, 0.5) is 0 Å². The van der Waals surface area contributed by atoms with Crippen molar-refractivity contribution in [2.45, 2.75) is 25.3 Å². The molecule has 0 saturated heterocycles. The Morgan fingerprint density at radius 2 is 1.82 bits per heavy atom. The Bertz CT molecular complexity index is 313. The van der Waals surface area contributed by atoms with E-state index in [0.29, 0.717) is 19.0 Å². The summed E-state index contributed by atoms with van der Waals surface area (Å²) in [6, 6.07) is 0.657. The SMILES string of the molecule is CN(C)CCN(C)S(=O)(=O)CCCNC1CC1. The molecule has 5 nitrogen and oxygen atoms in total. The molecular formula is C11H25N3O2S. The third-order valence-corrected chi connectivity index (χ3v) is 4.86. The van der Waals surface area contributed by atoms with Crippen molar-refractivity contribution in [3.05, 3.63) is 0 Å². The first kappa shape index (κ1) is 14.9. The second-order valence-electron chi connectivity index (χ2n) is 5.02. The van der Waals surface area contributed by atoms with Gasteiger partial charge in [0.05, 0.1) is 5.75 Å². The molecule has 1 aliphatic rings. The van der Waals surface area contributed by atoms with Gasteiger partial charge in [-0.1, -0.05) is 0 Å². The number of rotatable bonds is 9. The Kier molecular flexibility index (Phi) is 5.85. The summed E-state index contributed by atoms with van der Waals surface area (Å²) < 4.78 is 25.2. The van der Waals surface area contributed by atoms with Crippen LogP contribution in [-0.2, 0) is 10.0 Å². The van der Waals surface area contributed by atoms with Crippen molar-refractivity contribution in [2.24, 2.45) is 0 Å². The zero-order valence-corrected chi connectivity index (χ0v) is 12.0. The normalized spacial score (nSPS) is 17.0. The molecule has 0 bridgehead atoms. The van der Waals surface area contributed by atoms with Crippen molar-refractivity contribution < 1.29 is 8.42 Å². The lowest BCUT2D eigenvalue weighted by Crippen LogP contribution is -2.35. The molecule has 0 radical (unpaired) electrons. The van der Waals surface area contributed by atoms with Gasteiger partial charge in [-0.05, 0) is 39.9 Å². The summed E-state index contributed by atoms with van der Waals surface area (Å²) in [5.41, 5.74) is 0. The third-order valence-electron chi connectivity index (χ3n) is 2.93. The molecule has 0 amide bonds. The molecule has 102 valence electrons. The summed E-state index contributed by atoms with van der Waals surface area (Å²) in [7, 11) is 2.48. The molecule has 1 aliphatic carbocycles. The van der Waals surface area contributed by atoms with Gasteiger partial charge >= 0.3 is 0 Å². The van der Waals surface area contributed by atoms with Crippen molar-refractivity contribution in [1.29, 1.82) is 0 Å². The van der Waals surface area contributed by atoms with Gasteiger partial charge in [0, 0.05) is 26.2 Å². The molecule has 0 aromatic carbocycles. The van der Waals surface area contributed by atoms with Gasteiger partial charge in [0.2, 0.25) is 10.0 Å². The molecule has 6 heteroatoms. The van der Waals surface area contributed by atoms with E-state index in [4.69, 9.17) is 0 Å². The van der Waals surface area contributed by atoms with E-state index in [-0.39, 0.29) is 5.75 Å². The van der Waals surface area contributed by atoms with Crippen LogP contribution in [0.2, 0.25) is 0 Å². The van der Waals surface area contributed by atoms with E-state index in [1.54, 1.807) is 7.05 Å². The quantitative estimate of drug-likeness (QED) is 0.593.